The maximum absolute atomic E-state index is 8.99. The molecule has 0 unspecified atom stereocenters. The largest absolute Gasteiger partial charge is 0.395 e. The zero-order valence-electron chi connectivity index (χ0n) is 9.17. The Morgan fingerprint density at radius 1 is 1.24 bits per heavy atom. The summed E-state index contributed by atoms with van der Waals surface area (Å²) < 4.78 is 0. The summed E-state index contributed by atoms with van der Waals surface area (Å²) in [6.07, 6.45) is 1.50. The lowest BCUT2D eigenvalue weighted by Gasteiger charge is -2.21. The summed E-state index contributed by atoms with van der Waals surface area (Å²) in [4.78, 5) is 16.7. The molecule has 0 bridgehead atoms. The lowest BCUT2D eigenvalue weighted by Crippen LogP contribution is -2.31. The first-order valence-corrected chi connectivity index (χ1v) is 5.19. The summed E-state index contributed by atoms with van der Waals surface area (Å²) >= 11 is 0. The highest BCUT2D eigenvalue weighted by atomic mass is 16.3. The Kier molecular flexibility index (Phi) is 3.35. The third kappa shape index (κ3) is 2.27. The van der Waals surface area contributed by atoms with Crippen molar-refractivity contribution in [3.05, 3.63) is 6.33 Å². The molecule has 0 saturated heterocycles. The van der Waals surface area contributed by atoms with Gasteiger partial charge in [0.25, 0.3) is 0 Å². The summed E-state index contributed by atoms with van der Waals surface area (Å²) in [6.45, 7) is 0.620. The van der Waals surface area contributed by atoms with Crippen molar-refractivity contribution in [2.75, 3.05) is 36.9 Å². The fourth-order valence-corrected chi connectivity index (χ4v) is 1.63. The minimum Gasteiger partial charge on any atom is -0.395 e. The van der Waals surface area contributed by atoms with Crippen LogP contribution >= 0.6 is 0 Å². The quantitative estimate of drug-likeness (QED) is 0.511. The maximum Gasteiger partial charge on any atom is 0.224 e. The maximum atomic E-state index is 8.99. The zero-order chi connectivity index (χ0) is 12.3. The Morgan fingerprint density at radius 3 is 2.59 bits per heavy atom. The van der Waals surface area contributed by atoms with Gasteiger partial charge in [-0.3, -0.25) is 0 Å². The van der Waals surface area contributed by atoms with Gasteiger partial charge in [0.1, 0.15) is 5.52 Å². The molecule has 0 radical (unpaired) electrons. The molecule has 2 rings (SSSR count). The number of H-pyrrole nitrogens is 1. The van der Waals surface area contributed by atoms with Crippen LogP contribution in [0.5, 0.6) is 0 Å². The van der Waals surface area contributed by atoms with Crippen molar-refractivity contribution in [2.45, 2.75) is 0 Å². The highest BCUT2D eigenvalue weighted by Gasteiger charge is 2.14. The van der Waals surface area contributed by atoms with Crippen LogP contribution in [0.3, 0.4) is 0 Å². The van der Waals surface area contributed by atoms with E-state index >= 15 is 0 Å². The Bertz CT molecular complexity index is 493. The molecule has 0 fully saturated rings. The predicted molar refractivity (Wildman–Crippen MR) is 62.5 cm³/mol. The van der Waals surface area contributed by atoms with Crippen LogP contribution in [-0.2, 0) is 0 Å². The van der Waals surface area contributed by atoms with Gasteiger partial charge < -0.3 is 25.8 Å². The molecule has 0 aromatic carbocycles. The first-order valence-electron chi connectivity index (χ1n) is 5.19. The molecule has 2 aromatic heterocycles. The van der Waals surface area contributed by atoms with Gasteiger partial charge in [-0.2, -0.15) is 9.97 Å². The lowest BCUT2D eigenvalue weighted by molar-refractivity contribution is 0.281. The number of hydrogen-bond acceptors (Lipinski definition) is 7. The van der Waals surface area contributed by atoms with Gasteiger partial charge in [-0.1, -0.05) is 0 Å². The highest BCUT2D eigenvalue weighted by Crippen LogP contribution is 2.21. The van der Waals surface area contributed by atoms with E-state index in [1.54, 1.807) is 4.90 Å². The van der Waals surface area contributed by atoms with Crippen LogP contribution in [0.2, 0.25) is 0 Å². The lowest BCUT2D eigenvalue weighted by atomic mass is 10.4. The number of aromatic nitrogens is 4. The van der Waals surface area contributed by atoms with E-state index in [1.165, 1.54) is 6.33 Å². The number of aliphatic hydroxyl groups excluding tert-OH is 2. The van der Waals surface area contributed by atoms with Crippen molar-refractivity contribution >= 4 is 22.9 Å². The van der Waals surface area contributed by atoms with Gasteiger partial charge >= 0.3 is 0 Å². The van der Waals surface area contributed by atoms with Gasteiger partial charge in [0.2, 0.25) is 5.95 Å². The van der Waals surface area contributed by atoms with Crippen molar-refractivity contribution in [1.29, 1.82) is 0 Å². The Hall–Kier alpha value is -1.93. The van der Waals surface area contributed by atoms with Crippen LogP contribution < -0.4 is 10.6 Å². The van der Waals surface area contributed by atoms with E-state index in [-0.39, 0.29) is 19.2 Å². The number of rotatable bonds is 5. The first kappa shape index (κ1) is 11.6. The molecule has 0 spiro atoms. The Morgan fingerprint density at radius 2 is 1.94 bits per heavy atom. The normalized spacial score (nSPS) is 10.9. The van der Waals surface area contributed by atoms with Crippen LogP contribution in [-0.4, -0.2) is 56.5 Å². The van der Waals surface area contributed by atoms with Crippen molar-refractivity contribution in [3.63, 3.8) is 0 Å². The Balaban J connectivity index is 2.46. The van der Waals surface area contributed by atoms with Crippen molar-refractivity contribution in [2.24, 2.45) is 0 Å². The second kappa shape index (κ2) is 4.93. The second-order valence-corrected chi connectivity index (χ2v) is 3.44. The first-order chi connectivity index (χ1) is 8.26. The molecule has 0 aliphatic carbocycles. The minimum absolute atomic E-state index is 0.0421. The number of nitrogens with zero attached hydrogens (tertiary/aromatic N) is 4. The molecule has 5 N–H and O–H groups in total. The molecule has 92 valence electrons. The van der Waals surface area contributed by atoms with E-state index in [0.29, 0.717) is 30.1 Å². The zero-order valence-corrected chi connectivity index (χ0v) is 9.17. The summed E-state index contributed by atoms with van der Waals surface area (Å²) in [5, 5.41) is 18.0. The molecule has 0 aliphatic heterocycles. The van der Waals surface area contributed by atoms with E-state index in [0.717, 1.165) is 0 Å². The fraction of sp³-hybridized carbons (Fsp3) is 0.444. The smallest absolute Gasteiger partial charge is 0.224 e. The number of anilines is 2. The molecular formula is C9H14N6O2. The number of hydrogen-bond donors (Lipinski definition) is 4. The number of imidazole rings is 1. The summed E-state index contributed by atoms with van der Waals surface area (Å²) in [7, 11) is 0. The molecule has 0 aliphatic rings. The average Bonchev–Trinajstić information content (AvgIpc) is 2.75. The van der Waals surface area contributed by atoms with Crippen molar-refractivity contribution in [1.82, 2.24) is 19.9 Å². The van der Waals surface area contributed by atoms with Gasteiger partial charge in [-0.25, -0.2) is 4.98 Å². The van der Waals surface area contributed by atoms with Gasteiger partial charge in [-0.15, -0.1) is 0 Å². The van der Waals surface area contributed by atoms with Gasteiger partial charge in [0.05, 0.1) is 19.5 Å². The highest BCUT2D eigenvalue weighted by molar-refractivity contribution is 5.84. The summed E-state index contributed by atoms with van der Waals surface area (Å²) in [5.74, 6) is 0.647. The van der Waals surface area contributed by atoms with E-state index in [1.807, 2.05) is 0 Å². The van der Waals surface area contributed by atoms with E-state index in [4.69, 9.17) is 15.9 Å². The summed E-state index contributed by atoms with van der Waals surface area (Å²) in [6, 6.07) is 0. The SMILES string of the molecule is Nc1nc(N(CCO)CCO)c2[nH]cnc2n1. The monoisotopic (exact) mass is 238 g/mol. The topological polar surface area (TPSA) is 124 Å². The molecule has 0 saturated carbocycles. The number of nitrogen functional groups attached to an aromatic ring is 1. The molecule has 0 atom stereocenters. The van der Waals surface area contributed by atoms with E-state index in [9.17, 15) is 0 Å². The molecular weight excluding hydrogens is 224 g/mol. The van der Waals surface area contributed by atoms with Crippen LogP contribution in [0.15, 0.2) is 6.33 Å². The number of nitrogens with two attached hydrogens (primary N) is 1. The van der Waals surface area contributed by atoms with Crippen molar-refractivity contribution < 1.29 is 10.2 Å². The molecule has 2 aromatic rings. The average molecular weight is 238 g/mol. The molecule has 2 heterocycles. The van der Waals surface area contributed by atoms with E-state index in [2.05, 4.69) is 19.9 Å². The third-order valence-corrected chi connectivity index (χ3v) is 2.32. The number of aliphatic hydroxyl groups is 2. The third-order valence-electron chi connectivity index (χ3n) is 2.32. The van der Waals surface area contributed by atoms with Crippen LogP contribution in [0, 0.1) is 0 Å². The molecule has 17 heavy (non-hydrogen) atoms. The minimum atomic E-state index is -0.0421. The molecule has 0 amide bonds. The predicted octanol–water partition coefficient (Wildman–Crippen LogP) is -1.27. The number of nitrogens with one attached hydrogen (secondary N) is 1. The van der Waals surface area contributed by atoms with Crippen LogP contribution in [0.4, 0.5) is 11.8 Å². The fourth-order valence-electron chi connectivity index (χ4n) is 1.63. The van der Waals surface area contributed by atoms with Crippen molar-refractivity contribution in [3.8, 4) is 0 Å². The van der Waals surface area contributed by atoms with Gasteiger partial charge in [-0.05, 0) is 0 Å². The molecule has 8 nitrogen and oxygen atoms in total. The van der Waals surface area contributed by atoms with Crippen LogP contribution in [0.1, 0.15) is 0 Å². The summed E-state index contributed by atoms with van der Waals surface area (Å²) in [5.41, 5.74) is 6.69. The van der Waals surface area contributed by atoms with E-state index < -0.39 is 0 Å². The Labute approximate surface area is 97.1 Å². The van der Waals surface area contributed by atoms with Gasteiger partial charge in [0, 0.05) is 13.1 Å². The number of aromatic amines is 1. The number of fused-ring (bicyclic) bond motifs is 1. The standard InChI is InChI=1S/C9H14N6O2/c10-9-13-7-6(11-5-12-7)8(14-9)15(1-3-16)2-4-17/h5,16-17H,1-4H2,(H3,10,11,12,13,14). The van der Waals surface area contributed by atoms with Gasteiger partial charge in [0.15, 0.2) is 11.5 Å². The molecule has 8 heteroatoms. The second-order valence-electron chi connectivity index (χ2n) is 3.44. The van der Waals surface area contributed by atoms with Crippen LogP contribution in [0.25, 0.3) is 11.2 Å².